The van der Waals surface area contributed by atoms with Crippen molar-refractivity contribution in [1.29, 1.82) is 0 Å². The summed E-state index contributed by atoms with van der Waals surface area (Å²) in [4.78, 5) is 11.3. The first-order chi connectivity index (χ1) is 11.0. The Morgan fingerprint density at radius 3 is 2.39 bits per heavy atom. The van der Waals surface area contributed by atoms with Gasteiger partial charge in [0.1, 0.15) is 24.4 Å². The van der Waals surface area contributed by atoms with E-state index in [1.165, 1.54) is 26.2 Å². The van der Waals surface area contributed by atoms with Crippen molar-refractivity contribution in [3.8, 4) is 0 Å². The molecule has 0 spiro atoms. The number of ether oxygens (including phenoxy) is 2. The van der Waals surface area contributed by atoms with Crippen molar-refractivity contribution in [3.05, 3.63) is 0 Å². The lowest BCUT2D eigenvalue weighted by molar-refractivity contribution is -0.270. The largest absolute Gasteiger partial charge is 0.394 e. The van der Waals surface area contributed by atoms with Gasteiger partial charge in [-0.25, -0.2) is 0 Å². The molecular formula is C16H31NO6. The zero-order chi connectivity index (χ0) is 17.2. The summed E-state index contributed by atoms with van der Waals surface area (Å²) >= 11 is 0. The minimum atomic E-state index is -1.27. The predicted octanol–water partition coefficient (Wildman–Crippen LogP) is 0.307. The van der Waals surface area contributed by atoms with E-state index in [1.54, 1.807) is 0 Å². The van der Waals surface area contributed by atoms with Crippen LogP contribution in [0.5, 0.6) is 0 Å². The molecule has 0 bridgehead atoms. The van der Waals surface area contributed by atoms with Gasteiger partial charge < -0.3 is 30.1 Å². The number of aliphatic hydroxyl groups is 3. The Balaban J connectivity index is 2.45. The lowest BCUT2D eigenvalue weighted by atomic mass is 9.97. The first kappa shape index (κ1) is 20.3. The summed E-state index contributed by atoms with van der Waals surface area (Å²) in [5.41, 5.74) is 0. The average Bonchev–Trinajstić information content (AvgIpc) is 2.52. The molecule has 1 unspecified atom stereocenters. The molecule has 7 heteroatoms. The van der Waals surface area contributed by atoms with Crippen molar-refractivity contribution >= 4 is 5.91 Å². The van der Waals surface area contributed by atoms with Gasteiger partial charge >= 0.3 is 0 Å². The minimum absolute atomic E-state index is 0.347. The van der Waals surface area contributed by atoms with E-state index in [1.807, 2.05) is 0 Å². The summed E-state index contributed by atoms with van der Waals surface area (Å²) in [5.74, 6) is -0.347. The quantitative estimate of drug-likeness (QED) is 0.429. The zero-order valence-corrected chi connectivity index (χ0v) is 14.1. The van der Waals surface area contributed by atoms with Crippen molar-refractivity contribution in [3.63, 3.8) is 0 Å². The number of unbranched alkanes of at least 4 members (excludes halogenated alkanes) is 5. The number of carbonyl (C=O) groups is 1. The fourth-order valence-electron chi connectivity index (χ4n) is 2.69. The predicted molar refractivity (Wildman–Crippen MR) is 84.7 cm³/mol. The summed E-state index contributed by atoms with van der Waals surface area (Å²) in [6.45, 7) is 3.50. The van der Waals surface area contributed by atoms with Gasteiger partial charge in [-0.2, -0.15) is 0 Å². The molecule has 23 heavy (non-hydrogen) atoms. The van der Waals surface area contributed by atoms with Crippen LogP contribution >= 0.6 is 0 Å². The SMILES string of the molecule is CCCCCCCCO[C@@H]1OC(CO)[C@H](O)[C@H](O)[C@@H]1NC(C)=O. The molecular weight excluding hydrogens is 302 g/mol. The Kier molecular flexibility index (Phi) is 9.66. The van der Waals surface area contributed by atoms with Crippen LogP contribution in [0.4, 0.5) is 0 Å². The summed E-state index contributed by atoms with van der Waals surface area (Å²) < 4.78 is 11.1. The maximum atomic E-state index is 11.3. The molecule has 0 radical (unpaired) electrons. The first-order valence-corrected chi connectivity index (χ1v) is 8.52. The van der Waals surface area contributed by atoms with E-state index in [9.17, 15) is 20.1 Å². The van der Waals surface area contributed by atoms with E-state index in [0.717, 1.165) is 19.3 Å². The fourth-order valence-corrected chi connectivity index (χ4v) is 2.69. The molecule has 7 nitrogen and oxygen atoms in total. The van der Waals surface area contributed by atoms with Crippen LogP contribution in [-0.4, -0.2) is 65.1 Å². The van der Waals surface area contributed by atoms with Gasteiger partial charge in [0, 0.05) is 13.5 Å². The monoisotopic (exact) mass is 333 g/mol. The number of rotatable bonds is 10. The third kappa shape index (κ3) is 6.73. The molecule has 0 aromatic carbocycles. The Morgan fingerprint density at radius 1 is 1.13 bits per heavy atom. The minimum Gasteiger partial charge on any atom is -0.394 e. The highest BCUT2D eigenvalue weighted by Crippen LogP contribution is 2.22. The third-order valence-corrected chi connectivity index (χ3v) is 4.03. The van der Waals surface area contributed by atoms with Crippen molar-refractivity contribution in [2.24, 2.45) is 0 Å². The molecule has 1 aliphatic rings. The second kappa shape index (κ2) is 10.9. The van der Waals surface area contributed by atoms with Crippen LogP contribution in [0.15, 0.2) is 0 Å². The highest BCUT2D eigenvalue weighted by molar-refractivity contribution is 5.73. The second-order valence-corrected chi connectivity index (χ2v) is 6.07. The Morgan fingerprint density at radius 2 is 1.78 bits per heavy atom. The van der Waals surface area contributed by atoms with E-state index >= 15 is 0 Å². The second-order valence-electron chi connectivity index (χ2n) is 6.07. The first-order valence-electron chi connectivity index (χ1n) is 8.52. The van der Waals surface area contributed by atoms with Gasteiger partial charge in [0.15, 0.2) is 6.29 Å². The van der Waals surface area contributed by atoms with Crippen molar-refractivity contribution in [2.75, 3.05) is 13.2 Å². The summed E-state index contributed by atoms with van der Waals surface area (Å²) in [6, 6.07) is -0.856. The van der Waals surface area contributed by atoms with Crippen LogP contribution in [-0.2, 0) is 14.3 Å². The van der Waals surface area contributed by atoms with Crippen LogP contribution in [0.1, 0.15) is 52.4 Å². The van der Waals surface area contributed by atoms with Gasteiger partial charge in [0.2, 0.25) is 5.91 Å². The molecule has 5 atom stereocenters. The Hall–Kier alpha value is -0.730. The number of aliphatic hydroxyl groups excluding tert-OH is 3. The maximum absolute atomic E-state index is 11.3. The molecule has 0 aromatic heterocycles. The van der Waals surface area contributed by atoms with Gasteiger partial charge in [-0.05, 0) is 6.42 Å². The molecule has 4 N–H and O–H groups in total. The third-order valence-electron chi connectivity index (χ3n) is 4.03. The van der Waals surface area contributed by atoms with Crippen LogP contribution in [0.25, 0.3) is 0 Å². The summed E-state index contributed by atoms with van der Waals surface area (Å²) in [5, 5.41) is 31.8. The summed E-state index contributed by atoms with van der Waals surface area (Å²) in [7, 11) is 0. The van der Waals surface area contributed by atoms with Crippen LogP contribution in [0.3, 0.4) is 0 Å². The number of carbonyl (C=O) groups excluding carboxylic acids is 1. The van der Waals surface area contributed by atoms with Gasteiger partial charge in [0.25, 0.3) is 0 Å². The normalized spacial score (nSPS) is 31.1. The molecule has 1 aliphatic heterocycles. The smallest absolute Gasteiger partial charge is 0.217 e. The topological polar surface area (TPSA) is 108 Å². The van der Waals surface area contributed by atoms with Crippen LogP contribution in [0, 0.1) is 0 Å². The van der Waals surface area contributed by atoms with E-state index in [-0.39, 0.29) is 5.91 Å². The molecule has 1 rings (SSSR count). The molecule has 0 aromatic rings. The number of amides is 1. The molecule has 1 fully saturated rings. The Labute approximate surface area is 138 Å². The van der Waals surface area contributed by atoms with Crippen molar-refractivity contribution in [2.45, 2.75) is 83.0 Å². The summed E-state index contributed by atoms with van der Waals surface area (Å²) in [6.07, 6.45) is 2.37. The highest BCUT2D eigenvalue weighted by atomic mass is 16.7. The number of hydrogen-bond donors (Lipinski definition) is 4. The molecule has 0 saturated carbocycles. The lowest BCUT2D eigenvalue weighted by Crippen LogP contribution is -2.64. The van der Waals surface area contributed by atoms with Crippen LogP contribution in [0.2, 0.25) is 0 Å². The highest BCUT2D eigenvalue weighted by Gasteiger charge is 2.45. The Bertz CT molecular complexity index is 341. The average molecular weight is 333 g/mol. The van der Waals surface area contributed by atoms with Crippen molar-refractivity contribution < 1.29 is 29.6 Å². The molecule has 1 heterocycles. The van der Waals surface area contributed by atoms with Gasteiger partial charge in [-0.3, -0.25) is 4.79 Å². The molecule has 0 aliphatic carbocycles. The van der Waals surface area contributed by atoms with E-state index in [2.05, 4.69) is 12.2 Å². The van der Waals surface area contributed by atoms with Gasteiger partial charge in [-0.1, -0.05) is 39.0 Å². The van der Waals surface area contributed by atoms with E-state index in [4.69, 9.17) is 9.47 Å². The van der Waals surface area contributed by atoms with Crippen LogP contribution < -0.4 is 5.32 Å². The van der Waals surface area contributed by atoms with E-state index < -0.39 is 37.3 Å². The molecule has 1 saturated heterocycles. The lowest BCUT2D eigenvalue weighted by Gasteiger charge is -2.42. The van der Waals surface area contributed by atoms with Crippen molar-refractivity contribution in [1.82, 2.24) is 5.32 Å². The fraction of sp³-hybridized carbons (Fsp3) is 0.938. The zero-order valence-electron chi connectivity index (χ0n) is 14.1. The maximum Gasteiger partial charge on any atom is 0.217 e. The number of hydrogen-bond acceptors (Lipinski definition) is 6. The van der Waals surface area contributed by atoms with E-state index in [0.29, 0.717) is 6.61 Å². The van der Waals surface area contributed by atoms with Gasteiger partial charge in [-0.15, -0.1) is 0 Å². The van der Waals surface area contributed by atoms with Gasteiger partial charge in [0.05, 0.1) is 6.61 Å². The molecule has 1 amide bonds. The molecule has 136 valence electrons. The standard InChI is InChI=1S/C16H31NO6/c1-3-4-5-6-7-8-9-22-16-13(17-11(2)19)15(21)14(20)12(10-18)23-16/h12-16,18,20-21H,3-10H2,1-2H3,(H,17,19)/t12?,13-,14-,15+,16+/m0/s1. The number of nitrogens with one attached hydrogen (secondary N) is 1.